The Labute approximate surface area is 109 Å². The first-order valence-electron chi connectivity index (χ1n) is 6.36. The lowest BCUT2D eigenvalue weighted by Crippen LogP contribution is -2.36. The van der Waals surface area contributed by atoms with E-state index in [4.69, 9.17) is 4.74 Å². The summed E-state index contributed by atoms with van der Waals surface area (Å²) in [6, 6.07) is 0. The molecule has 0 spiro atoms. The van der Waals surface area contributed by atoms with E-state index >= 15 is 0 Å². The second kappa shape index (κ2) is 5.50. The van der Waals surface area contributed by atoms with Crippen molar-refractivity contribution in [2.24, 2.45) is 5.92 Å². The molecule has 0 saturated carbocycles. The van der Waals surface area contributed by atoms with Crippen LogP contribution in [0.4, 0.5) is 0 Å². The van der Waals surface area contributed by atoms with E-state index in [-0.39, 0.29) is 16.1 Å². The van der Waals surface area contributed by atoms with Crippen molar-refractivity contribution in [1.82, 2.24) is 0 Å². The minimum atomic E-state index is -0.821. The van der Waals surface area contributed by atoms with E-state index in [0.717, 1.165) is 0 Å². The molecule has 0 heterocycles. The Balaban J connectivity index is 4.43. The van der Waals surface area contributed by atoms with Gasteiger partial charge in [0.2, 0.25) is 0 Å². The fourth-order valence-electron chi connectivity index (χ4n) is 1.15. The average Bonchev–Trinajstić information content (AvgIpc) is 2.09. The van der Waals surface area contributed by atoms with Crippen LogP contribution in [0.25, 0.3) is 0 Å². The predicted molar refractivity (Wildman–Crippen MR) is 80.1 cm³/mol. The van der Waals surface area contributed by atoms with Crippen molar-refractivity contribution in [1.29, 1.82) is 0 Å². The van der Waals surface area contributed by atoms with Crippen LogP contribution in [0.1, 0.15) is 48.5 Å². The first-order chi connectivity index (χ1) is 7.30. The first-order valence-corrected chi connectivity index (χ1v) is 8.87. The SMILES string of the molecule is CC(COC(C)S(C)(C)C(C)(C)C)C(C)(C)O. The van der Waals surface area contributed by atoms with Gasteiger partial charge in [-0.25, -0.2) is 10.0 Å². The Morgan fingerprint density at radius 2 is 1.47 bits per heavy atom. The highest BCUT2D eigenvalue weighted by Gasteiger charge is 2.34. The molecular formula is C14H32O2S. The van der Waals surface area contributed by atoms with Gasteiger partial charge in [0.05, 0.1) is 17.6 Å². The quantitative estimate of drug-likeness (QED) is 0.822. The molecule has 2 nitrogen and oxygen atoms in total. The lowest BCUT2D eigenvalue weighted by Gasteiger charge is -2.49. The zero-order valence-corrected chi connectivity index (χ0v) is 13.9. The Hall–Kier alpha value is 0.270. The lowest BCUT2D eigenvalue weighted by atomic mass is 9.94. The van der Waals surface area contributed by atoms with Crippen molar-refractivity contribution >= 4 is 10.0 Å². The molecule has 1 N–H and O–H groups in total. The van der Waals surface area contributed by atoms with Gasteiger partial charge < -0.3 is 9.84 Å². The van der Waals surface area contributed by atoms with Crippen LogP contribution in [-0.4, -0.2) is 40.0 Å². The third-order valence-corrected chi connectivity index (χ3v) is 9.15. The van der Waals surface area contributed by atoms with Gasteiger partial charge in [-0.2, -0.15) is 0 Å². The molecule has 0 radical (unpaired) electrons. The maximum atomic E-state index is 9.89. The summed E-state index contributed by atoms with van der Waals surface area (Å²) in [7, 11) is -0.821. The van der Waals surface area contributed by atoms with Gasteiger partial charge in [-0.05, 0) is 38.0 Å². The first kappa shape index (κ1) is 17.3. The minimum absolute atomic E-state index is 0.153. The third kappa shape index (κ3) is 4.80. The Bertz CT molecular complexity index is 236. The van der Waals surface area contributed by atoms with Crippen LogP contribution >= 0.6 is 10.0 Å². The van der Waals surface area contributed by atoms with Gasteiger partial charge >= 0.3 is 0 Å². The fraction of sp³-hybridized carbons (Fsp3) is 1.00. The highest BCUT2D eigenvalue weighted by atomic mass is 32.3. The van der Waals surface area contributed by atoms with Crippen molar-refractivity contribution in [3.8, 4) is 0 Å². The van der Waals surface area contributed by atoms with Gasteiger partial charge in [-0.1, -0.05) is 27.7 Å². The second-order valence-electron chi connectivity index (χ2n) is 6.97. The minimum Gasteiger partial charge on any atom is -0.390 e. The molecule has 3 heteroatoms. The zero-order valence-electron chi connectivity index (χ0n) is 13.1. The normalized spacial score (nSPS) is 18.9. The summed E-state index contributed by atoms with van der Waals surface area (Å²) >= 11 is 0. The largest absolute Gasteiger partial charge is 0.390 e. The molecule has 2 unspecified atom stereocenters. The van der Waals surface area contributed by atoms with E-state index < -0.39 is 15.6 Å². The van der Waals surface area contributed by atoms with Gasteiger partial charge in [-0.15, -0.1) is 0 Å². The van der Waals surface area contributed by atoms with E-state index in [2.05, 4.69) is 40.2 Å². The molecule has 0 aromatic heterocycles. The highest BCUT2D eigenvalue weighted by molar-refractivity contribution is 8.34. The highest BCUT2D eigenvalue weighted by Crippen LogP contribution is 2.56. The predicted octanol–water partition coefficient (Wildman–Crippen LogP) is 3.62. The zero-order chi connectivity index (χ0) is 14.1. The molecule has 0 aliphatic carbocycles. The maximum absolute atomic E-state index is 9.89. The molecule has 0 aromatic carbocycles. The van der Waals surface area contributed by atoms with Gasteiger partial charge in [0.15, 0.2) is 0 Å². The Morgan fingerprint density at radius 3 is 1.76 bits per heavy atom. The molecule has 0 fully saturated rings. The van der Waals surface area contributed by atoms with E-state index in [1.807, 2.05) is 20.8 Å². The number of rotatable bonds is 5. The van der Waals surface area contributed by atoms with Gasteiger partial charge in [-0.3, -0.25) is 0 Å². The number of hydrogen-bond donors (Lipinski definition) is 1. The van der Waals surface area contributed by atoms with Crippen molar-refractivity contribution in [3.63, 3.8) is 0 Å². The van der Waals surface area contributed by atoms with Crippen molar-refractivity contribution in [3.05, 3.63) is 0 Å². The number of ether oxygens (including phenoxy) is 1. The molecule has 17 heavy (non-hydrogen) atoms. The number of hydrogen-bond acceptors (Lipinski definition) is 2. The molecule has 0 rings (SSSR count). The van der Waals surface area contributed by atoms with Crippen LogP contribution in [0.5, 0.6) is 0 Å². The van der Waals surface area contributed by atoms with Gasteiger partial charge in [0.25, 0.3) is 0 Å². The van der Waals surface area contributed by atoms with Crippen LogP contribution in [0.3, 0.4) is 0 Å². The van der Waals surface area contributed by atoms with Crippen LogP contribution in [0, 0.1) is 5.92 Å². The van der Waals surface area contributed by atoms with Gasteiger partial charge in [0.1, 0.15) is 0 Å². The topological polar surface area (TPSA) is 29.5 Å². The summed E-state index contributed by atoms with van der Waals surface area (Å²) in [6.07, 6.45) is 4.65. The molecule has 0 aromatic rings. The summed E-state index contributed by atoms with van der Waals surface area (Å²) in [5.74, 6) is 0.153. The maximum Gasteiger partial charge on any atom is 0.0849 e. The van der Waals surface area contributed by atoms with Crippen molar-refractivity contribution < 1.29 is 9.84 Å². The van der Waals surface area contributed by atoms with Gasteiger partial charge in [0, 0.05) is 5.92 Å². The summed E-state index contributed by atoms with van der Waals surface area (Å²) in [4.78, 5) is 0. The standard InChI is InChI=1S/C14H32O2S/c1-11(14(6,7)15)10-16-12(2)17(8,9)13(3,4)5/h11-12,15H,10H2,1-9H3. The molecule has 0 bridgehead atoms. The monoisotopic (exact) mass is 264 g/mol. The van der Waals surface area contributed by atoms with Crippen molar-refractivity contribution in [2.45, 2.75) is 64.3 Å². The van der Waals surface area contributed by atoms with Crippen LogP contribution < -0.4 is 0 Å². The summed E-state index contributed by atoms with van der Waals surface area (Å²) in [5.41, 5.74) is -0.409. The van der Waals surface area contributed by atoms with Crippen LogP contribution in [0.2, 0.25) is 0 Å². The summed E-state index contributed by atoms with van der Waals surface area (Å²) in [6.45, 7) is 15.3. The van der Waals surface area contributed by atoms with Crippen molar-refractivity contribution in [2.75, 3.05) is 19.1 Å². The molecule has 0 saturated heterocycles. The van der Waals surface area contributed by atoms with Crippen LogP contribution in [0.15, 0.2) is 0 Å². The van der Waals surface area contributed by atoms with E-state index in [9.17, 15) is 5.11 Å². The smallest absolute Gasteiger partial charge is 0.0849 e. The molecule has 0 amide bonds. The Morgan fingerprint density at radius 1 is 1.06 bits per heavy atom. The Kier molecular flexibility index (Phi) is 5.58. The lowest BCUT2D eigenvalue weighted by molar-refractivity contribution is -0.0245. The van der Waals surface area contributed by atoms with E-state index in [0.29, 0.717) is 6.61 Å². The average molecular weight is 264 g/mol. The molecule has 106 valence electrons. The molecular weight excluding hydrogens is 232 g/mol. The fourth-order valence-corrected chi connectivity index (χ4v) is 2.57. The summed E-state index contributed by atoms with van der Waals surface area (Å²) in [5, 5.41) is 9.89. The molecule has 0 aliphatic heterocycles. The van der Waals surface area contributed by atoms with Crippen LogP contribution in [-0.2, 0) is 4.74 Å². The molecule has 2 atom stereocenters. The summed E-state index contributed by atoms with van der Waals surface area (Å²) < 4.78 is 6.28. The third-order valence-electron chi connectivity index (χ3n) is 4.20. The second-order valence-corrected chi connectivity index (χ2v) is 11.7. The van der Waals surface area contributed by atoms with E-state index in [1.54, 1.807) is 0 Å². The van der Waals surface area contributed by atoms with E-state index in [1.165, 1.54) is 0 Å². The number of aliphatic hydroxyl groups is 1. The molecule has 0 aliphatic rings.